The van der Waals surface area contributed by atoms with Crippen LogP contribution in [0.5, 0.6) is 0 Å². The summed E-state index contributed by atoms with van der Waals surface area (Å²) >= 11 is 12.4. The van der Waals surface area contributed by atoms with Gasteiger partial charge in [0.05, 0.1) is 34.0 Å². The van der Waals surface area contributed by atoms with E-state index in [1.807, 2.05) is 22.8 Å². The smallest absolute Gasteiger partial charge is 0.302 e. The van der Waals surface area contributed by atoms with Crippen LogP contribution in [0.2, 0.25) is 10.0 Å². The molecule has 0 aliphatic rings. The number of anilines is 3. The molecule has 3 aromatic rings. The minimum Gasteiger partial charge on any atom is -0.463 e. The molecule has 0 aliphatic carbocycles. The molecule has 0 fully saturated rings. The Morgan fingerprint density at radius 1 is 1.26 bits per heavy atom. The first-order chi connectivity index (χ1) is 14.8. The summed E-state index contributed by atoms with van der Waals surface area (Å²) in [4.78, 5) is 18.1. The second-order valence-corrected chi connectivity index (χ2v) is 7.91. The fourth-order valence-electron chi connectivity index (χ4n) is 3.45. The van der Waals surface area contributed by atoms with Crippen molar-refractivity contribution in [2.24, 2.45) is 0 Å². The Labute approximate surface area is 191 Å². The Bertz CT molecular complexity index is 1070. The van der Waals surface area contributed by atoms with Gasteiger partial charge in [0, 0.05) is 25.0 Å². The SMILES string of the molecule is CCN(CC)c1cccc2nc(Nc3ccc(Cl)cc3Cl)n(CC(O)COC(C)=O)c12. The number of carbonyl (C=O) groups excluding carboxylic acids is 1. The zero-order valence-electron chi connectivity index (χ0n) is 17.7. The van der Waals surface area contributed by atoms with Crippen LogP contribution in [0.3, 0.4) is 0 Å². The number of benzene rings is 2. The lowest BCUT2D eigenvalue weighted by Crippen LogP contribution is -2.26. The van der Waals surface area contributed by atoms with E-state index in [-0.39, 0.29) is 13.2 Å². The molecule has 0 aliphatic heterocycles. The molecule has 31 heavy (non-hydrogen) atoms. The van der Waals surface area contributed by atoms with Crippen molar-refractivity contribution >= 4 is 57.5 Å². The molecule has 1 aromatic heterocycles. The van der Waals surface area contributed by atoms with Gasteiger partial charge in [-0.15, -0.1) is 0 Å². The van der Waals surface area contributed by atoms with Gasteiger partial charge >= 0.3 is 5.97 Å². The van der Waals surface area contributed by atoms with Crippen molar-refractivity contribution in [2.45, 2.75) is 33.4 Å². The summed E-state index contributed by atoms with van der Waals surface area (Å²) in [5.41, 5.74) is 3.30. The monoisotopic (exact) mass is 464 g/mol. The molecule has 1 unspecified atom stereocenters. The van der Waals surface area contributed by atoms with E-state index >= 15 is 0 Å². The molecular weight excluding hydrogens is 439 g/mol. The molecule has 0 amide bonds. The molecule has 3 rings (SSSR count). The van der Waals surface area contributed by atoms with E-state index < -0.39 is 12.1 Å². The Morgan fingerprint density at radius 2 is 2.00 bits per heavy atom. The molecule has 7 nitrogen and oxygen atoms in total. The van der Waals surface area contributed by atoms with Crippen LogP contribution in [0, 0.1) is 0 Å². The van der Waals surface area contributed by atoms with Crippen LogP contribution in [0.4, 0.5) is 17.3 Å². The van der Waals surface area contributed by atoms with E-state index in [9.17, 15) is 9.90 Å². The number of ether oxygens (including phenoxy) is 1. The second kappa shape index (κ2) is 10.2. The van der Waals surface area contributed by atoms with E-state index in [0.717, 1.165) is 29.8 Å². The van der Waals surface area contributed by atoms with E-state index in [0.29, 0.717) is 21.7 Å². The number of aromatic nitrogens is 2. The third-order valence-corrected chi connectivity index (χ3v) is 5.45. The Morgan fingerprint density at radius 3 is 2.65 bits per heavy atom. The van der Waals surface area contributed by atoms with Crippen molar-refractivity contribution in [3.05, 3.63) is 46.4 Å². The quantitative estimate of drug-likeness (QED) is 0.440. The molecule has 1 heterocycles. The van der Waals surface area contributed by atoms with Crippen LogP contribution in [0.1, 0.15) is 20.8 Å². The number of aliphatic hydroxyl groups is 1. The van der Waals surface area contributed by atoms with Gasteiger partial charge in [0.15, 0.2) is 0 Å². The van der Waals surface area contributed by atoms with Crippen LogP contribution in [0.25, 0.3) is 11.0 Å². The Kier molecular flexibility index (Phi) is 7.64. The van der Waals surface area contributed by atoms with Gasteiger partial charge < -0.3 is 24.6 Å². The highest BCUT2D eigenvalue weighted by atomic mass is 35.5. The number of imidazole rings is 1. The van der Waals surface area contributed by atoms with Crippen molar-refractivity contribution in [2.75, 3.05) is 29.9 Å². The van der Waals surface area contributed by atoms with Gasteiger partial charge in [0.1, 0.15) is 12.7 Å². The van der Waals surface area contributed by atoms with E-state index in [4.69, 9.17) is 32.9 Å². The van der Waals surface area contributed by atoms with Crippen molar-refractivity contribution in [3.8, 4) is 0 Å². The first kappa shape index (κ1) is 23.2. The molecule has 0 spiro atoms. The van der Waals surface area contributed by atoms with Crippen molar-refractivity contribution < 1.29 is 14.6 Å². The highest BCUT2D eigenvalue weighted by Crippen LogP contribution is 2.33. The lowest BCUT2D eigenvalue weighted by atomic mass is 10.2. The summed E-state index contributed by atoms with van der Waals surface area (Å²) in [6, 6.07) is 11.1. The molecule has 2 N–H and O–H groups in total. The zero-order chi connectivity index (χ0) is 22.5. The third-order valence-electron chi connectivity index (χ3n) is 4.90. The van der Waals surface area contributed by atoms with Gasteiger partial charge in [-0.1, -0.05) is 29.3 Å². The van der Waals surface area contributed by atoms with Crippen LogP contribution < -0.4 is 10.2 Å². The number of aliphatic hydroxyl groups excluding tert-OH is 1. The minimum absolute atomic E-state index is 0.108. The summed E-state index contributed by atoms with van der Waals surface area (Å²) in [6.45, 7) is 7.20. The summed E-state index contributed by atoms with van der Waals surface area (Å²) in [5.74, 6) is 0.0744. The maximum absolute atomic E-state index is 11.2. The number of para-hydroxylation sites is 1. The number of hydrogen-bond donors (Lipinski definition) is 2. The molecular formula is C22H26Cl2N4O3. The van der Waals surface area contributed by atoms with Crippen molar-refractivity contribution in [3.63, 3.8) is 0 Å². The number of halogens is 2. The fraction of sp³-hybridized carbons (Fsp3) is 0.364. The van der Waals surface area contributed by atoms with Crippen molar-refractivity contribution in [1.82, 2.24) is 9.55 Å². The first-order valence-corrected chi connectivity index (χ1v) is 10.9. The number of hydrogen-bond acceptors (Lipinski definition) is 6. The number of nitrogens with zero attached hydrogens (tertiary/aromatic N) is 3. The van der Waals surface area contributed by atoms with Crippen LogP contribution in [-0.2, 0) is 16.1 Å². The fourth-order valence-corrected chi connectivity index (χ4v) is 3.90. The van der Waals surface area contributed by atoms with Crippen LogP contribution in [0.15, 0.2) is 36.4 Å². The van der Waals surface area contributed by atoms with Crippen LogP contribution >= 0.6 is 23.2 Å². The van der Waals surface area contributed by atoms with Gasteiger partial charge in [-0.05, 0) is 44.2 Å². The van der Waals surface area contributed by atoms with Crippen molar-refractivity contribution in [1.29, 1.82) is 0 Å². The van der Waals surface area contributed by atoms with Crippen LogP contribution in [-0.4, -0.2) is 46.4 Å². The van der Waals surface area contributed by atoms with E-state index in [1.54, 1.807) is 18.2 Å². The maximum Gasteiger partial charge on any atom is 0.302 e. The topological polar surface area (TPSA) is 79.6 Å². The predicted octanol–water partition coefficient (Wildman–Crippen LogP) is 4.86. The average Bonchev–Trinajstić information content (AvgIpc) is 3.07. The summed E-state index contributed by atoms with van der Waals surface area (Å²) in [5, 5.41) is 14.8. The summed E-state index contributed by atoms with van der Waals surface area (Å²) in [6.07, 6.45) is -0.910. The molecule has 166 valence electrons. The lowest BCUT2D eigenvalue weighted by molar-refractivity contribution is -0.144. The molecule has 2 aromatic carbocycles. The summed E-state index contributed by atoms with van der Waals surface area (Å²) in [7, 11) is 0. The number of fused-ring (bicyclic) bond motifs is 1. The molecule has 0 bridgehead atoms. The molecule has 0 saturated heterocycles. The largest absolute Gasteiger partial charge is 0.463 e. The predicted molar refractivity (Wildman–Crippen MR) is 126 cm³/mol. The molecule has 0 radical (unpaired) electrons. The van der Waals surface area contributed by atoms with Gasteiger partial charge in [-0.25, -0.2) is 4.98 Å². The number of esters is 1. The molecule has 1 atom stereocenters. The van der Waals surface area contributed by atoms with E-state index in [1.165, 1.54) is 6.92 Å². The lowest BCUT2D eigenvalue weighted by Gasteiger charge is -2.23. The molecule has 0 saturated carbocycles. The Balaban J connectivity index is 2.09. The zero-order valence-corrected chi connectivity index (χ0v) is 19.2. The number of nitrogens with one attached hydrogen (secondary N) is 1. The molecule has 9 heteroatoms. The number of carbonyl (C=O) groups is 1. The highest BCUT2D eigenvalue weighted by Gasteiger charge is 2.20. The van der Waals surface area contributed by atoms with E-state index in [2.05, 4.69) is 24.1 Å². The second-order valence-electron chi connectivity index (χ2n) is 7.07. The third kappa shape index (κ3) is 5.42. The van der Waals surface area contributed by atoms with Gasteiger partial charge in [0.2, 0.25) is 5.95 Å². The van der Waals surface area contributed by atoms with Gasteiger partial charge in [0.25, 0.3) is 0 Å². The highest BCUT2D eigenvalue weighted by molar-refractivity contribution is 6.36. The standard InChI is InChI=1S/C22H26Cl2N4O3/c1-4-27(5-2)20-8-6-7-19-21(20)28(12-16(30)13-31-14(3)29)22(26-19)25-18-10-9-15(23)11-17(18)24/h6-11,16,30H,4-5,12-13H2,1-3H3,(H,25,26). The van der Waals surface area contributed by atoms with Gasteiger partial charge in [-0.2, -0.15) is 0 Å². The first-order valence-electron chi connectivity index (χ1n) is 10.1. The number of rotatable bonds is 9. The normalized spacial score (nSPS) is 12.1. The maximum atomic E-state index is 11.2. The summed E-state index contributed by atoms with van der Waals surface area (Å²) < 4.78 is 6.88. The van der Waals surface area contributed by atoms with Gasteiger partial charge in [-0.3, -0.25) is 4.79 Å². The minimum atomic E-state index is -0.910. The Hall–Kier alpha value is -2.48. The average molecular weight is 465 g/mol.